The van der Waals surface area contributed by atoms with E-state index in [0.29, 0.717) is 0 Å². The Hall–Kier alpha value is -3.66. The second-order valence-corrected chi connectivity index (χ2v) is 9.45. The molecule has 2 saturated heterocycles. The minimum absolute atomic E-state index is 0.0751. The number of nitrogens with one attached hydrogen (secondary N) is 1. The largest absolute Gasteiger partial charge is 0.477 e. The second-order valence-electron chi connectivity index (χ2n) is 7.46. The summed E-state index contributed by atoms with van der Waals surface area (Å²) >= 11 is 2.25. The molecule has 35 heavy (non-hydrogen) atoms. The molecule has 14 nitrogen and oxygen atoms in total. The van der Waals surface area contributed by atoms with Crippen molar-refractivity contribution >= 4 is 63.7 Å². The molecular weight excluding hydrogens is 506 g/mol. The lowest BCUT2D eigenvalue weighted by atomic mass is 10.0. The van der Waals surface area contributed by atoms with Gasteiger partial charge in [-0.3, -0.25) is 19.3 Å². The predicted molar refractivity (Wildman–Crippen MR) is 120 cm³/mol. The second kappa shape index (κ2) is 9.91. The summed E-state index contributed by atoms with van der Waals surface area (Å²) < 4.78 is 9.70. The minimum atomic E-state index is -1.35. The topological polar surface area (TPSA) is 200 Å². The molecule has 0 aromatic carbocycles. The number of fused-ring (bicyclic) bond motifs is 1. The molecule has 0 aliphatic carbocycles. The van der Waals surface area contributed by atoms with Crippen LogP contribution in [0, 0.1) is 0 Å². The number of carbonyl (C=O) groups is 5. The fourth-order valence-electron chi connectivity index (χ4n) is 3.48. The number of thioether (sulfide) groups is 1. The number of carboxylic acid groups (broad SMARTS) is 1. The number of aliphatic carboxylic acids is 1. The van der Waals surface area contributed by atoms with Gasteiger partial charge in [-0.2, -0.15) is 0 Å². The Balaban J connectivity index is 1.51. The highest BCUT2D eigenvalue weighted by atomic mass is 32.2. The van der Waals surface area contributed by atoms with Crippen molar-refractivity contribution in [3.8, 4) is 0 Å². The molecule has 3 aliphatic heterocycles. The number of nitrogens with two attached hydrogens (primary N) is 1. The summed E-state index contributed by atoms with van der Waals surface area (Å²) in [5.41, 5.74) is 5.40. The van der Waals surface area contributed by atoms with Crippen molar-refractivity contribution in [2.45, 2.75) is 30.9 Å². The number of oxime groups is 1. The average Bonchev–Trinajstić information content (AvgIpc) is 3.43. The molecule has 3 aliphatic rings. The lowest BCUT2D eigenvalue weighted by Crippen LogP contribution is -2.71. The van der Waals surface area contributed by atoms with Gasteiger partial charge >= 0.3 is 17.9 Å². The maximum atomic E-state index is 13.0. The number of cyclic esters (lactones) is 1. The third kappa shape index (κ3) is 4.93. The fraction of sp³-hybridized carbons (Fsp3) is 0.421. The van der Waals surface area contributed by atoms with Crippen LogP contribution in [0.1, 0.15) is 19.0 Å². The number of carbonyl (C=O) groups excluding carboxylic acids is 4. The zero-order valence-corrected chi connectivity index (χ0v) is 19.7. The van der Waals surface area contributed by atoms with Crippen molar-refractivity contribution in [2.24, 2.45) is 5.16 Å². The van der Waals surface area contributed by atoms with Crippen LogP contribution in [0.3, 0.4) is 0 Å². The lowest BCUT2D eigenvalue weighted by Gasteiger charge is -2.49. The van der Waals surface area contributed by atoms with Crippen LogP contribution in [-0.4, -0.2) is 86.9 Å². The molecule has 2 fully saturated rings. The molecule has 2 amide bonds. The number of amides is 2. The molecule has 4 rings (SSSR count). The number of esters is 2. The number of hydrogen-bond donors (Lipinski definition) is 3. The number of rotatable bonds is 8. The van der Waals surface area contributed by atoms with E-state index in [9.17, 15) is 29.1 Å². The van der Waals surface area contributed by atoms with E-state index in [2.05, 4.69) is 15.5 Å². The Kier molecular flexibility index (Phi) is 6.93. The SMILES string of the molecule is CC(=O)OCC1=C(C(=O)O)N2C(=O)C(NC(=O)C(=NOC3CCOC3=O)c3csc(N)n3)[C@H]2SC1. The molecule has 4 heterocycles. The van der Waals surface area contributed by atoms with Crippen LogP contribution in [-0.2, 0) is 38.3 Å². The van der Waals surface area contributed by atoms with Gasteiger partial charge in [0.1, 0.15) is 29.4 Å². The Labute approximate surface area is 205 Å². The summed E-state index contributed by atoms with van der Waals surface area (Å²) in [6.45, 7) is 1.09. The number of nitrogen functional groups attached to an aromatic ring is 1. The van der Waals surface area contributed by atoms with Crippen molar-refractivity contribution < 1.29 is 43.4 Å². The first kappa shape index (κ1) is 24.5. The van der Waals surface area contributed by atoms with E-state index >= 15 is 0 Å². The van der Waals surface area contributed by atoms with Crippen molar-refractivity contribution in [1.82, 2.24) is 15.2 Å². The number of ether oxygens (including phenoxy) is 2. The number of anilines is 1. The highest BCUT2D eigenvalue weighted by molar-refractivity contribution is 8.00. The summed E-state index contributed by atoms with van der Waals surface area (Å²) in [5, 5.41) is 16.9. The third-order valence-corrected chi connectivity index (χ3v) is 7.14. The van der Waals surface area contributed by atoms with Gasteiger partial charge < -0.3 is 30.5 Å². The van der Waals surface area contributed by atoms with E-state index in [1.807, 2.05) is 0 Å². The van der Waals surface area contributed by atoms with E-state index in [1.165, 1.54) is 24.1 Å². The van der Waals surface area contributed by atoms with Gasteiger partial charge in [0.25, 0.3) is 11.8 Å². The quantitative estimate of drug-likeness (QED) is 0.163. The first-order valence-corrected chi connectivity index (χ1v) is 12.1. The number of thiazole rings is 1. The number of nitrogens with zero attached hydrogens (tertiary/aromatic N) is 3. The lowest BCUT2D eigenvalue weighted by molar-refractivity contribution is -0.150. The van der Waals surface area contributed by atoms with Crippen LogP contribution in [0.4, 0.5) is 5.13 Å². The molecule has 0 radical (unpaired) electrons. The first-order valence-electron chi connectivity index (χ1n) is 10.1. The summed E-state index contributed by atoms with van der Waals surface area (Å²) in [4.78, 5) is 70.7. The van der Waals surface area contributed by atoms with E-state index in [1.54, 1.807) is 0 Å². The summed E-state index contributed by atoms with van der Waals surface area (Å²) in [5.74, 6) is -3.87. The van der Waals surface area contributed by atoms with Gasteiger partial charge in [0.2, 0.25) is 6.10 Å². The molecule has 0 saturated carbocycles. The normalized spacial score (nSPS) is 23.9. The van der Waals surface area contributed by atoms with Gasteiger partial charge in [0, 0.05) is 30.1 Å². The summed E-state index contributed by atoms with van der Waals surface area (Å²) in [7, 11) is 0. The zero-order chi connectivity index (χ0) is 25.3. The molecular formula is C19H19N5O9S2. The Bertz CT molecular complexity index is 1160. The molecule has 1 aromatic rings. The van der Waals surface area contributed by atoms with Crippen molar-refractivity contribution in [3.05, 3.63) is 22.3 Å². The Morgan fingerprint density at radius 2 is 2.17 bits per heavy atom. The van der Waals surface area contributed by atoms with Gasteiger partial charge in [-0.1, -0.05) is 5.16 Å². The van der Waals surface area contributed by atoms with Crippen LogP contribution in [0.5, 0.6) is 0 Å². The van der Waals surface area contributed by atoms with Gasteiger partial charge in [-0.05, 0) is 0 Å². The summed E-state index contributed by atoms with van der Waals surface area (Å²) in [6.07, 6.45) is -0.729. The number of aromatic nitrogens is 1. The van der Waals surface area contributed by atoms with Crippen LogP contribution in [0.25, 0.3) is 0 Å². The van der Waals surface area contributed by atoms with Crippen LogP contribution < -0.4 is 11.1 Å². The average molecular weight is 526 g/mol. The molecule has 3 atom stereocenters. The Morgan fingerprint density at radius 1 is 1.40 bits per heavy atom. The predicted octanol–water partition coefficient (Wildman–Crippen LogP) is -0.937. The molecule has 0 spiro atoms. The van der Waals surface area contributed by atoms with Crippen LogP contribution in [0.15, 0.2) is 21.8 Å². The third-order valence-electron chi connectivity index (χ3n) is 5.12. The maximum Gasteiger partial charge on any atom is 0.352 e. The van der Waals surface area contributed by atoms with Gasteiger partial charge in [-0.15, -0.1) is 23.1 Å². The van der Waals surface area contributed by atoms with Crippen molar-refractivity contribution in [1.29, 1.82) is 0 Å². The Morgan fingerprint density at radius 3 is 2.77 bits per heavy atom. The maximum absolute atomic E-state index is 13.0. The van der Waals surface area contributed by atoms with E-state index < -0.39 is 47.2 Å². The molecule has 186 valence electrons. The minimum Gasteiger partial charge on any atom is -0.477 e. The molecule has 16 heteroatoms. The van der Waals surface area contributed by atoms with Gasteiger partial charge in [0.15, 0.2) is 10.8 Å². The molecule has 1 aromatic heterocycles. The standard InChI is InChI=1S/C19H19N5O9S2/c1-7(25)32-4-8-5-34-16-12(15(27)24(16)13(8)17(28)29)22-14(26)11(9-6-35-19(20)21-9)23-33-10-2-3-31-18(10)30/h6,10,12,16H,2-5H2,1H3,(H2,20,21)(H,22,26)(H,28,29)/t10?,12?,16-/m1/s1. The smallest absolute Gasteiger partial charge is 0.352 e. The molecule has 4 N–H and O–H groups in total. The van der Waals surface area contributed by atoms with E-state index in [0.717, 1.165) is 16.2 Å². The number of hydrogen-bond acceptors (Lipinski definition) is 13. The van der Waals surface area contributed by atoms with Gasteiger partial charge in [0.05, 0.1) is 6.61 Å². The fourth-order valence-corrected chi connectivity index (χ4v) is 5.36. The van der Waals surface area contributed by atoms with Crippen LogP contribution in [0.2, 0.25) is 0 Å². The van der Waals surface area contributed by atoms with E-state index in [-0.39, 0.29) is 53.2 Å². The first-order chi connectivity index (χ1) is 16.7. The van der Waals surface area contributed by atoms with E-state index in [4.69, 9.17) is 20.0 Å². The monoisotopic (exact) mass is 525 g/mol. The molecule has 2 unspecified atom stereocenters. The van der Waals surface area contributed by atoms with Crippen molar-refractivity contribution in [3.63, 3.8) is 0 Å². The van der Waals surface area contributed by atoms with Gasteiger partial charge in [-0.25, -0.2) is 14.6 Å². The number of carboxylic acids is 1. The zero-order valence-electron chi connectivity index (χ0n) is 18.1. The van der Waals surface area contributed by atoms with Crippen molar-refractivity contribution in [2.75, 3.05) is 24.7 Å². The highest BCUT2D eigenvalue weighted by Crippen LogP contribution is 2.40. The molecule has 0 bridgehead atoms. The number of β-lactam (4-membered cyclic amide) rings is 1. The summed E-state index contributed by atoms with van der Waals surface area (Å²) in [6, 6.07) is -1.06. The van der Waals surface area contributed by atoms with Crippen LogP contribution >= 0.6 is 23.1 Å². The highest BCUT2D eigenvalue weighted by Gasteiger charge is 2.54.